The Hall–Kier alpha value is -2.21. The van der Waals surface area contributed by atoms with Gasteiger partial charge < -0.3 is 0 Å². The number of nitrogens with zero attached hydrogens (tertiary/aromatic N) is 2. The maximum Gasteiger partial charge on any atom is 0.268 e. The van der Waals surface area contributed by atoms with E-state index in [1.807, 2.05) is 31.2 Å². The number of H-pyrrole nitrogens is 1. The van der Waals surface area contributed by atoms with E-state index < -0.39 is 0 Å². The number of carbonyl (C=O) groups is 1. The molecule has 3 aromatic rings. The molecule has 2 aromatic heterocycles. The van der Waals surface area contributed by atoms with Gasteiger partial charge in [0, 0.05) is 4.70 Å². The summed E-state index contributed by atoms with van der Waals surface area (Å²) in [6.45, 7) is 3.74. The van der Waals surface area contributed by atoms with E-state index in [2.05, 4.69) is 20.5 Å². The van der Waals surface area contributed by atoms with Crippen LogP contribution in [0.5, 0.6) is 0 Å². The number of carbonyl (C=O) groups excluding carboxylic acids is 1. The summed E-state index contributed by atoms with van der Waals surface area (Å²) < 4.78 is 1.11. The fraction of sp³-hybridized carbons (Fsp3) is 0.154. The molecule has 0 bridgehead atoms. The maximum absolute atomic E-state index is 12.2. The largest absolute Gasteiger partial charge is 0.288 e. The monoisotopic (exact) mass is 272 g/mol. The molecule has 0 atom stereocenters. The highest BCUT2D eigenvalue weighted by molar-refractivity contribution is 7.21. The van der Waals surface area contributed by atoms with Crippen LogP contribution in [0.25, 0.3) is 10.1 Å². The Kier molecular flexibility index (Phi) is 2.79. The molecule has 19 heavy (non-hydrogen) atoms. The normalized spacial score (nSPS) is 10.8. The summed E-state index contributed by atoms with van der Waals surface area (Å²) in [4.78, 5) is 17.0. The van der Waals surface area contributed by atoms with Gasteiger partial charge in [-0.3, -0.25) is 15.2 Å². The maximum atomic E-state index is 12.2. The van der Waals surface area contributed by atoms with Crippen LogP contribution >= 0.6 is 11.3 Å². The number of benzene rings is 1. The van der Waals surface area contributed by atoms with Gasteiger partial charge in [0.2, 0.25) is 5.95 Å². The summed E-state index contributed by atoms with van der Waals surface area (Å²) in [5.41, 5.74) is 0.991. The van der Waals surface area contributed by atoms with Gasteiger partial charge in [0.25, 0.3) is 5.91 Å². The lowest BCUT2D eigenvalue weighted by molar-refractivity contribution is 0.102. The highest BCUT2D eigenvalue weighted by Gasteiger charge is 2.16. The minimum absolute atomic E-state index is 0.169. The second-order valence-corrected chi connectivity index (χ2v) is 5.30. The van der Waals surface area contributed by atoms with Gasteiger partial charge in [-0.25, -0.2) is 0 Å². The fourth-order valence-electron chi connectivity index (χ4n) is 1.95. The van der Waals surface area contributed by atoms with Crippen molar-refractivity contribution in [2.75, 3.05) is 5.32 Å². The van der Waals surface area contributed by atoms with Gasteiger partial charge in [-0.2, -0.15) is 4.98 Å². The van der Waals surface area contributed by atoms with Crippen LogP contribution in [0.1, 0.15) is 21.1 Å². The zero-order chi connectivity index (χ0) is 13.4. The van der Waals surface area contributed by atoms with E-state index in [1.165, 1.54) is 11.3 Å². The van der Waals surface area contributed by atoms with Crippen LogP contribution in [0.2, 0.25) is 0 Å². The molecule has 0 fully saturated rings. The van der Waals surface area contributed by atoms with Crippen LogP contribution < -0.4 is 5.32 Å². The van der Waals surface area contributed by atoms with E-state index in [0.717, 1.165) is 15.6 Å². The Morgan fingerprint density at radius 1 is 1.32 bits per heavy atom. The second kappa shape index (κ2) is 4.47. The van der Waals surface area contributed by atoms with Gasteiger partial charge in [0.15, 0.2) is 0 Å². The third-order valence-electron chi connectivity index (χ3n) is 2.87. The third kappa shape index (κ3) is 2.10. The van der Waals surface area contributed by atoms with Gasteiger partial charge in [-0.15, -0.1) is 16.4 Å². The smallest absolute Gasteiger partial charge is 0.268 e. The molecule has 2 N–H and O–H groups in total. The highest BCUT2D eigenvalue weighted by atomic mass is 32.1. The zero-order valence-electron chi connectivity index (χ0n) is 10.5. The van der Waals surface area contributed by atoms with Crippen LogP contribution in [-0.4, -0.2) is 21.1 Å². The molecule has 0 aliphatic heterocycles. The second-order valence-electron chi connectivity index (χ2n) is 4.25. The third-order valence-corrected chi connectivity index (χ3v) is 4.14. The van der Waals surface area contributed by atoms with Crippen molar-refractivity contribution in [3.05, 3.63) is 40.5 Å². The molecule has 6 heteroatoms. The minimum Gasteiger partial charge on any atom is -0.288 e. The van der Waals surface area contributed by atoms with Crippen molar-refractivity contribution in [1.82, 2.24) is 15.2 Å². The summed E-state index contributed by atoms with van der Waals surface area (Å²) in [5, 5.41) is 10.4. The van der Waals surface area contributed by atoms with Crippen molar-refractivity contribution >= 4 is 33.3 Å². The van der Waals surface area contributed by atoms with E-state index in [9.17, 15) is 4.79 Å². The molecule has 5 nitrogen and oxygen atoms in total. The number of aryl methyl sites for hydroxylation is 2. The van der Waals surface area contributed by atoms with Crippen LogP contribution in [0, 0.1) is 13.8 Å². The number of thiophene rings is 1. The Balaban J connectivity index is 1.95. The Morgan fingerprint density at radius 3 is 2.79 bits per heavy atom. The van der Waals surface area contributed by atoms with Crippen molar-refractivity contribution in [3.8, 4) is 0 Å². The molecule has 1 aromatic carbocycles. The number of hydrogen-bond donors (Lipinski definition) is 2. The lowest BCUT2D eigenvalue weighted by Gasteiger charge is -1.99. The van der Waals surface area contributed by atoms with Crippen LogP contribution in [0.15, 0.2) is 24.3 Å². The quantitative estimate of drug-likeness (QED) is 0.753. The van der Waals surface area contributed by atoms with E-state index >= 15 is 0 Å². The average molecular weight is 272 g/mol. The molecule has 1 amide bonds. The summed E-state index contributed by atoms with van der Waals surface area (Å²) in [7, 11) is 0. The van der Waals surface area contributed by atoms with E-state index in [-0.39, 0.29) is 5.91 Å². The summed E-state index contributed by atoms with van der Waals surface area (Å²) >= 11 is 1.48. The molecule has 2 heterocycles. The molecule has 0 aliphatic carbocycles. The molecule has 0 unspecified atom stereocenters. The van der Waals surface area contributed by atoms with Crippen molar-refractivity contribution in [2.45, 2.75) is 13.8 Å². The van der Waals surface area contributed by atoms with Gasteiger partial charge in [0.1, 0.15) is 5.82 Å². The van der Waals surface area contributed by atoms with Crippen molar-refractivity contribution in [1.29, 1.82) is 0 Å². The Labute approximate surface area is 113 Å². The lowest BCUT2D eigenvalue weighted by Crippen LogP contribution is -2.12. The van der Waals surface area contributed by atoms with Crippen molar-refractivity contribution in [2.24, 2.45) is 0 Å². The van der Waals surface area contributed by atoms with Crippen LogP contribution in [0.4, 0.5) is 5.95 Å². The standard InChI is InChI=1S/C13H12N4OS/c1-7-9-5-3-4-6-10(9)19-11(7)12(18)15-13-14-8(2)16-17-13/h3-6H,1-2H3,(H2,14,15,16,17,18). The summed E-state index contributed by atoms with van der Waals surface area (Å²) in [5.74, 6) is 0.806. The molecule has 0 saturated carbocycles. The molecule has 0 spiro atoms. The molecular weight excluding hydrogens is 260 g/mol. The molecule has 3 rings (SSSR count). The van der Waals surface area contributed by atoms with Crippen molar-refractivity contribution < 1.29 is 4.79 Å². The SMILES string of the molecule is Cc1nc(NC(=O)c2sc3ccccc3c2C)n[nH]1. The average Bonchev–Trinajstić information content (AvgIpc) is 2.94. The number of aromatic amines is 1. The Bertz CT molecular complexity index is 759. The van der Waals surface area contributed by atoms with Gasteiger partial charge >= 0.3 is 0 Å². The van der Waals surface area contributed by atoms with E-state index in [4.69, 9.17) is 0 Å². The van der Waals surface area contributed by atoms with Crippen molar-refractivity contribution in [3.63, 3.8) is 0 Å². The van der Waals surface area contributed by atoms with Gasteiger partial charge in [-0.1, -0.05) is 18.2 Å². The first-order valence-corrected chi connectivity index (χ1v) is 6.65. The van der Waals surface area contributed by atoms with E-state index in [1.54, 1.807) is 6.92 Å². The molecular formula is C13H12N4OS. The number of anilines is 1. The van der Waals surface area contributed by atoms with Crippen LogP contribution in [-0.2, 0) is 0 Å². The molecule has 96 valence electrons. The first-order chi connectivity index (χ1) is 9.15. The molecule has 0 radical (unpaired) electrons. The number of fused-ring (bicyclic) bond motifs is 1. The molecule has 0 aliphatic rings. The number of hydrogen-bond acceptors (Lipinski definition) is 4. The first-order valence-electron chi connectivity index (χ1n) is 5.83. The predicted octanol–water partition coefficient (Wildman–Crippen LogP) is 2.89. The Morgan fingerprint density at radius 2 is 2.11 bits per heavy atom. The predicted molar refractivity (Wildman–Crippen MR) is 75.6 cm³/mol. The summed E-state index contributed by atoms with van der Waals surface area (Å²) in [6.07, 6.45) is 0. The summed E-state index contributed by atoms with van der Waals surface area (Å²) in [6, 6.07) is 7.98. The zero-order valence-corrected chi connectivity index (χ0v) is 11.3. The first kappa shape index (κ1) is 11.9. The number of nitrogens with one attached hydrogen (secondary N) is 2. The van der Waals surface area contributed by atoms with Crippen LogP contribution in [0.3, 0.4) is 0 Å². The number of aromatic nitrogens is 3. The fourth-order valence-corrected chi connectivity index (χ4v) is 3.05. The molecule has 0 saturated heterocycles. The number of amides is 1. The van der Waals surface area contributed by atoms with Gasteiger partial charge in [0.05, 0.1) is 4.88 Å². The minimum atomic E-state index is -0.169. The van der Waals surface area contributed by atoms with E-state index in [0.29, 0.717) is 16.6 Å². The van der Waals surface area contributed by atoms with Gasteiger partial charge in [-0.05, 0) is 30.9 Å². The topological polar surface area (TPSA) is 70.7 Å². The lowest BCUT2D eigenvalue weighted by atomic mass is 10.1. The highest BCUT2D eigenvalue weighted by Crippen LogP contribution is 2.30. The number of rotatable bonds is 2.